The Morgan fingerprint density at radius 2 is 1.93 bits per heavy atom. The summed E-state index contributed by atoms with van der Waals surface area (Å²) >= 11 is 0. The highest BCUT2D eigenvalue weighted by Crippen LogP contribution is 2.30. The SMILES string of the molecule is CC(CCC1CCCC1)CC(C)C(=O)O. The predicted octanol–water partition coefficient (Wildman–Crippen LogP) is 3.70. The number of carbonyl (C=O) groups is 1. The summed E-state index contributed by atoms with van der Waals surface area (Å²) in [4.78, 5) is 10.7. The van der Waals surface area contributed by atoms with E-state index in [0.29, 0.717) is 5.92 Å². The Bertz CT molecular complexity index is 195. The van der Waals surface area contributed by atoms with Crippen LogP contribution in [0.5, 0.6) is 0 Å². The zero-order chi connectivity index (χ0) is 11.3. The minimum Gasteiger partial charge on any atom is -0.481 e. The average molecular weight is 212 g/mol. The number of carboxylic acid groups (broad SMARTS) is 1. The number of hydrogen-bond acceptors (Lipinski definition) is 1. The van der Waals surface area contributed by atoms with Crippen molar-refractivity contribution in [2.24, 2.45) is 17.8 Å². The van der Waals surface area contributed by atoms with Crippen molar-refractivity contribution < 1.29 is 9.90 Å². The number of carboxylic acids is 1. The average Bonchev–Trinajstić information content (AvgIpc) is 2.66. The van der Waals surface area contributed by atoms with Crippen molar-refractivity contribution in [1.82, 2.24) is 0 Å². The summed E-state index contributed by atoms with van der Waals surface area (Å²) in [6, 6.07) is 0. The third kappa shape index (κ3) is 4.67. The fraction of sp³-hybridized carbons (Fsp3) is 0.923. The van der Waals surface area contributed by atoms with Gasteiger partial charge >= 0.3 is 5.97 Å². The lowest BCUT2D eigenvalue weighted by Crippen LogP contribution is -2.13. The van der Waals surface area contributed by atoms with Gasteiger partial charge in [-0.2, -0.15) is 0 Å². The lowest BCUT2D eigenvalue weighted by molar-refractivity contribution is -0.141. The highest BCUT2D eigenvalue weighted by Gasteiger charge is 2.18. The third-order valence-corrected chi connectivity index (χ3v) is 3.72. The maximum Gasteiger partial charge on any atom is 0.306 e. The molecule has 0 spiro atoms. The third-order valence-electron chi connectivity index (χ3n) is 3.72. The van der Waals surface area contributed by atoms with Crippen molar-refractivity contribution in [3.05, 3.63) is 0 Å². The maximum atomic E-state index is 10.7. The van der Waals surface area contributed by atoms with Crippen LogP contribution in [0, 0.1) is 17.8 Å². The fourth-order valence-electron chi connectivity index (χ4n) is 2.64. The minimum atomic E-state index is -0.650. The van der Waals surface area contributed by atoms with Gasteiger partial charge in [0.1, 0.15) is 0 Å². The summed E-state index contributed by atoms with van der Waals surface area (Å²) < 4.78 is 0. The summed E-state index contributed by atoms with van der Waals surface area (Å²) in [5.74, 6) is 0.676. The van der Waals surface area contributed by atoms with Gasteiger partial charge in [0.25, 0.3) is 0 Å². The molecule has 0 heterocycles. The molecule has 0 aromatic rings. The summed E-state index contributed by atoms with van der Waals surface area (Å²) in [5, 5.41) is 8.81. The van der Waals surface area contributed by atoms with E-state index in [9.17, 15) is 4.79 Å². The molecule has 0 saturated heterocycles. The molecule has 1 fully saturated rings. The van der Waals surface area contributed by atoms with Gasteiger partial charge in [-0.3, -0.25) is 4.79 Å². The Hall–Kier alpha value is -0.530. The van der Waals surface area contributed by atoms with Gasteiger partial charge in [-0.05, 0) is 18.3 Å². The van der Waals surface area contributed by atoms with Crippen molar-refractivity contribution in [2.45, 2.75) is 58.8 Å². The largest absolute Gasteiger partial charge is 0.481 e. The van der Waals surface area contributed by atoms with Gasteiger partial charge < -0.3 is 5.11 Å². The van der Waals surface area contributed by atoms with Crippen molar-refractivity contribution in [2.75, 3.05) is 0 Å². The summed E-state index contributed by atoms with van der Waals surface area (Å²) in [7, 11) is 0. The van der Waals surface area contributed by atoms with Crippen LogP contribution >= 0.6 is 0 Å². The zero-order valence-corrected chi connectivity index (χ0v) is 10.0. The van der Waals surface area contributed by atoms with Crippen LogP contribution in [0.1, 0.15) is 58.8 Å². The Labute approximate surface area is 93.1 Å². The summed E-state index contributed by atoms with van der Waals surface area (Å²) in [6.45, 7) is 4.00. The minimum absolute atomic E-state index is 0.177. The second kappa shape index (κ2) is 6.14. The molecule has 0 bridgehead atoms. The van der Waals surface area contributed by atoms with Gasteiger partial charge in [0.05, 0.1) is 5.92 Å². The van der Waals surface area contributed by atoms with E-state index in [1.807, 2.05) is 6.92 Å². The molecule has 2 unspecified atom stereocenters. The Morgan fingerprint density at radius 3 is 2.47 bits per heavy atom. The topological polar surface area (TPSA) is 37.3 Å². The van der Waals surface area contributed by atoms with Crippen LogP contribution in [0.3, 0.4) is 0 Å². The van der Waals surface area contributed by atoms with Gasteiger partial charge in [0.2, 0.25) is 0 Å². The lowest BCUT2D eigenvalue weighted by atomic mass is 9.90. The fourth-order valence-corrected chi connectivity index (χ4v) is 2.64. The second-order valence-corrected chi connectivity index (χ2v) is 5.31. The monoisotopic (exact) mass is 212 g/mol. The first-order valence-electron chi connectivity index (χ1n) is 6.32. The normalized spacial score (nSPS) is 21.5. The van der Waals surface area contributed by atoms with Crippen molar-refractivity contribution >= 4 is 5.97 Å². The van der Waals surface area contributed by atoms with E-state index in [0.717, 1.165) is 12.3 Å². The van der Waals surface area contributed by atoms with Crippen LogP contribution in [0.4, 0.5) is 0 Å². The molecule has 1 rings (SSSR count). The van der Waals surface area contributed by atoms with Gasteiger partial charge in [-0.15, -0.1) is 0 Å². The second-order valence-electron chi connectivity index (χ2n) is 5.31. The molecule has 0 aromatic heterocycles. The van der Waals surface area contributed by atoms with E-state index in [-0.39, 0.29) is 5.92 Å². The molecular weight excluding hydrogens is 188 g/mol. The van der Waals surface area contributed by atoms with Crippen molar-refractivity contribution in [1.29, 1.82) is 0 Å². The molecule has 0 aromatic carbocycles. The van der Waals surface area contributed by atoms with E-state index < -0.39 is 5.97 Å². The Balaban J connectivity index is 2.12. The summed E-state index contributed by atoms with van der Waals surface area (Å²) in [6.07, 6.45) is 8.98. The van der Waals surface area contributed by atoms with Crippen LogP contribution in [0.15, 0.2) is 0 Å². The molecule has 0 radical (unpaired) electrons. The van der Waals surface area contributed by atoms with Gasteiger partial charge in [-0.1, -0.05) is 52.4 Å². The Morgan fingerprint density at radius 1 is 1.33 bits per heavy atom. The first-order valence-corrected chi connectivity index (χ1v) is 6.32. The molecule has 15 heavy (non-hydrogen) atoms. The van der Waals surface area contributed by atoms with Gasteiger partial charge in [0, 0.05) is 0 Å². The van der Waals surface area contributed by atoms with Crippen LogP contribution in [0.25, 0.3) is 0 Å². The smallest absolute Gasteiger partial charge is 0.306 e. The lowest BCUT2D eigenvalue weighted by Gasteiger charge is -2.16. The first-order chi connectivity index (χ1) is 7.09. The van der Waals surface area contributed by atoms with Crippen LogP contribution in [-0.4, -0.2) is 11.1 Å². The first kappa shape index (κ1) is 12.5. The zero-order valence-electron chi connectivity index (χ0n) is 10.0. The number of rotatable bonds is 6. The molecule has 1 aliphatic carbocycles. The molecule has 1 N–H and O–H groups in total. The van der Waals surface area contributed by atoms with E-state index >= 15 is 0 Å². The van der Waals surface area contributed by atoms with Crippen LogP contribution in [0.2, 0.25) is 0 Å². The van der Waals surface area contributed by atoms with E-state index in [1.54, 1.807) is 0 Å². The molecule has 0 amide bonds. The number of hydrogen-bond donors (Lipinski definition) is 1. The molecule has 2 nitrogen and oxygen atoms in total. The van der Waals surface area contributed by atoms with Gasteiger partial charge in [0.15, 0.2) is 0 Å². The highest BCUT2D eigenvalue weighted by molar-refractivity contribution is 5.69. The van der Waals surface area contributed by atoms with E-state index in [1.165, 1.54) is 38.5 Å². The quantitative estimate of drug-likeness (QED) is 0.729. The van der Waals surface area contributed by atoms with Crippen molar-refractivity contribution in [3.8, 4) is 0 Å². The van der Waals surface area contributed by atoms with E-state index in [2.05, 4.69) is 6.92 Å². The molecule has 2 heteroatoms. The molecule has 2 atom stereocenters. The predicted molar refractivity (Wildman–Crippen MR) is 61.8 cm³/mol. The standard InChI is InChI=1S/C13H24O2/c1-10(9-11(2)13(14)15)7-8-12-5-3-4-6-12/h10-12H,3-9H2,1-2H3,(H,14,15). The summed E-state index contributed by atoms with van der Waals surface area (Å²) in [5.41, 5.74) is 0. The van der Waals surface area contributed by atoms with Crippen LogP contribution in [-0.2, 0) is 4.79 Å². The van der Waals surface area contributed by atoms with Crippen molar-refractivity contribution in [3.63, 3.8) is 0 Å². The van der Waals surface area contributed by atoms with E-state index in [4.69, 9.17) is 5.11 Å². The maximum absolute atomic E-state index is 10.7. The molecule has 1 aliphatic rings. The van der Waals surface area contributed by atoms with Gasteiger partial charge in [-0.25, -0.2) is 0 Å². The molecule has 0 aliphatic heterocycles. The molecule has 88 valence electrons. The Kier molecular flexibility index (Phi) is 5.13. The molecular formula is C13H24O2. The highest BCUT2D eigenvalue weighted by atomic mass is 16.4. The molecule has 1 saturated carbocycles. The van der Waals surface area contributed by atoms with Crippen LogP contribution < -0.4 is 0 Å². The number of aliphatic carboxylic acids is 1.